The van der Waals surface area contributed by atoms with Gasteiger partial charge in [0, 0.05) is 24.9 Å². The van der Waals surface area contributed by atoms with E-state index in [1.54, 1.807) is 0 Å². The lowest BCUT2D eigenvalue weighted by Gasteiger charge is -2.37. The van der Waals surface area contributed by atoms with Gasteiger partial charge in [0.2, 0.25) is 0 Å². The van der Waals surface area contributed by atoms with E-state index in [1.165, 1.54) is 37.2 Å². The molecule has 1 aliphatic carbocycles. The summed E-state index contributed by atoms with van der Waals surface area (Å²) in [5, 5.41) is 3.83. The van der Waals surface area contributed by atoms with E-state index in [2.05, 4.69) is 30.9 Å². The summed E-state index contributed by atoms with van der Waals surface area (Å²) in [4.78, 5) is 0. The van der Waals surface area contributed by atoms with Crippen LogP contribution in [0.25, 0.3) is 0 Å². The minimum atomic E-state index is 0.454. The smallest absolute Gasteiger partial charge is 0.0724 e. The monoisotopic (exact) mass is 243 g/mol. The Bertz CT molecular complexity index is 232. The Kier molecular flexibility index (Phi) is 4.20. The summed E-state index contributed by atoms with van der Waals surface area (Å²) in [7, 11) is 1.85. The van der Waals surface area contributed by atoms with Crippen molar-refractivity contribution in [2.45, 2.75) is 57.7 Å². The van der Waals surface area contributed by atoms with Crippen LogP contribution in [0, 0.1) is 5.41 Å². The van der Waals surface area contributed by atoms with Gasteiger partial charge in [0.05, 0.1) is 6.10 Å². The fourth-order valence-corrected chi connectivity index (χ4v) is 4.36. The highest BCUT2D eigenvalue weighted by Crippen LogP contribution is 2.34. The summed E-state index contributed by atoms with van der Waals surface area (Å²) in [6, 6.07) is 1.29. The molecule has 0 spiro atoms. The minimum Gasteiger partial charge on any atom is -0.380 e. The van der Waals surface area contributed by atoms with Gasteiger partial charge in [0.1, 0.15) is 0 Å². The highest BCUT2D eigenvalue weighted by molar-refractivity contribution is 7.99. The Morgan fingerprint density at radius 2 is 2.12 bits per heavy atom. The molecule has 2 fully saturated rings. The fourth-order valence-electron chi connectivity index (χ4n) is 3.07. The van der Waals surface area contributed by atoms with Crippen LogP contribution in [0.15, 0.2) is 0 Å². The maximum Gasteiger partial charge on any atom is 0.0724 e. The van der Waals surface area contributed by atoms with Crippen LogP contribution in [0.4, 0.5) is 0 Å². The van der Waals surface area contributed by atoms with Crippen LogP contribution in [0.3, 0.4) is 0 Å². The number of methoxy groups -OCH3 is 1. The Labute approximate surface area is 104 Å². The van der Waals surface area contributed by atoms with Crippen LogP contribution in [0.1, 0.15) is 39.5 Å². The lowest BCUT2D eigenvalue weighted by atomic mass is 9.87. The topological polar surface area (TPSA) is 21.3 Å². The van der Waals surface area contributed by atoms with Crippen LogP contribution in [-0.4, -0.2) is 36.8 Å². The van der Waals surface area contributed by atoms with Gasteiger partial charge >= 0.3 is 0 Å². The third-order valence-corrected chi connectivity index (χ3v) is 5.44. The third-order valence-electron chi connectivity index (χ3n) is 3.82. The summed E-state index contributed by atoms with van der Waals surface area (Å²) in [5.41, 5.74) is 0.502. The van der Waals surface area contributed by atoms with Gasteiger partial charge in [0.25, 0.3) is 0 Å². The first-order chi connectivity index (χ1) is 7.61. The molecule has 3 atom stereocenters. The largest absolute Gasteiger partial charge is 0.380 e. The molecule has 1 saturated carbocycles. The van der Waals surface area contributed by atoms with E-state index in [0.29, 0.717) is 23.6 Å². The highest BCUT2D eigenvalue weighted by atomic mass is 32.2. The van der Waals surface area contributed by atoms with E-state index in [0.717, 1.165) is 0 Å². The van der Waals surface area contributed by atoms with E-state index in [9.17, 15) is 0 Å². The molecule has 3 unspecified atom stereocenters. The molecule has 1 saturated heterocycles. The molecule has 0 bridgehead atoms. The van der Waals surface area contributed by atoms with Gasteiger partial charge in [0.15, 0.2) is 0 Å². The van der Waals surface area contributed by atoms with Crippen LogP contribution in [-0.2, 0) is 4.74 Å². The van der Waals surface area contributed by atoms with Gasteiger partial charge in [-0.1, -0.05) is 13.8 Å². The molecule has 1 aliphatic heterocycles. The van der Waals surface area contributed by atoms with Gasteiger partial charge in [-0.3, -0.25) is 0 Å². The molecular weight excluding hydrogens is 218 g/mol. The molecule has 2 aliphatic rings. The standard InChI is InChI=1S/C13H25NOS/c1-13(2)7-10(8-16-9-13)14-11-5-4-6-12(11)15-3/h10-12,14H,4-9H2,1-3H3. The molecule has 3 heteroatoms. The molecule has 0 aromatic heterocycles. The first kappa shape index (κ1) is 12.7. The van der Waals surface area contributed by atoms with E-state index < -0.39 is 0 Å². The van der Waals surface area contributed by atoms with Crippen LogP contribution >= 0.6 is 11.8 Å². The summed E-state index contributed by atoms with van der Waals surface area (Å²) < 4.78 is 5.55. The Balaban J connectivity index is 1.84. The fraction of sp³-hybridized carbons (Fsp3) is 1.00. The Morgan fingerprint density at radius 3 is 2.81 bits per heavy atom. The zero-order valence-electron chi connectivity index (χ0n) is 10.8. The summed E-state index contributed by atoms with van der Waals surface area (Å²) in [6.07, 6.45) is 5.61. The third kappa shape index (κ3) is 3.14. The average molecular weight is 243 g/mol. The predicted molar refractivity (Wildman–Crippen MR) is 71.1 cm³/mol. The number of rotatable bonds is 3. The molecule has 0 amide bonds. The van der Waals surface area contributed by atoms with Crippen molar-refractivity contribution in [3.63, 3.8) is 0 Å². The first-order valence-corrected chi connectivity index (χ1v) is 7.63. The zero-order chi connectivity index (χ0) is 11.6. The van der Waals surface area contributed by atoms with Gasteiger partial charge in [-0.25, -0.2) is 0 Å². The van der Waals surface area contributed by atoms with Crippen molar-refractivity contribution in [1.82, 2.24) is 5.32 Å². The van der Waals surface area contributed by atoms with Gasteiger partial charge in [-0.2, -0.15) is 11.8 Å². The van der Waals surface area contributed by atoms with Gasteiger partial charge in [-0.15, -0.1) is 0 Å². The highest BCUT2D eigenvalue weighted by Gasteiger charge is 2.33. The molecule has 94 valence electrons. The molecule has 0 aromatic carbocycles. The van der Waals surface area contributed by atoms with Crippen LogP contribution in [0.2, 0.25) is 0 Å². The molecule has 16 heavy (non-hydrogen) atoms. The molecule has 2 nitrogen and oxygen atoms in total. The molecule has 0 aromatic rings. The quantitative estimate of drug-likeness (QED) is 0.823. The molecule has 1 heterocycles. The second kappa shape index (κ2) is 5.28. The van der Waals surface area contributed by atoms with Crippen LogP contribution < -0.4 is 5.32 Å². The molecular formula is C13H25NOS. The second-order valence-electron chi connectivity index (χ2n) is 6.06. The minimum absolute atomic E-state index is 0.454. The second-order valence-corrected chi connectivity index (χ2v) is 7.09. The van der Waals surface area contributed by atoms with Crippen LogP contribution in [0.5, 0.6) is 0 Å². The van der Waals surface area contributed by atoms with Crippen molar-refractivity contribution in [3.8, 4) is 0 Å². The SMILES string of the molecule is COC1CCCC1NC1CSCC(C)(C)C1. The number of thioether (sulfide) groups is 1. The van der Waals surface area contributed by atoms with Crippen molar-refractivity contribution in [3.05, 3.63) is 0 Å². The van der Waals surface area contributed by atoms with E-state index in [1.807, 2.05) is 7.11 Å². The number of hydrogen-bond acceptors (Lipinski definition) is 3. The van der Waals surface area contributed by atoms with Crippen molar-refractivity contribution < 1.29 is 4.74 Å². The molecule has 0 radical (unpaired) electrons. The average Bonchev–Trinajstić information content (AvgIpc) is 2.63. The lowest BCUT2D eigenvalue weighted by molar-refractivity contribution is 0.0798. The maximum atomic E-state index is 5.55. The first-order valence-electron chi connectivity index (χ1n) is 6.47. The number of ether oxygens (including phenoxy) is 1. The van der Waals surface area contributed by atoms with E-state index >= 15 is 0 Å². The Morgan fingerprint density at radius 1 is 1.31 bits per heavy atom. The summed E-state index contributed by atoms with van der Waals surface area (Å²) in [6.45, 7) is 4.77. The van der Waals surface area contributed by atoms with Gasteiger partial charge in [-0.05, 0) is 36.9 Å². The number of hydrogen-bond donors (Lipinski definition) is 1. The van der Waals surface area contributed by atoms with Crippen molar-refractivity contribution >= 4 is 11.8 Å². The Hall–Kier alpha value is 0.270. The lowest BCUT2D eigenvalue weighted by Crippen LogP contribution is -2.48. The van der Waals surface area contributed by atoms with Crippen molar-refractivity contribution in [1.29, 1.82) is 0 Å². The van der Waals surface area contributed by atoms with Crippen molar-refractivity contribution in [2.24, 2.45) is 5.41 Å². The van der Waals surface area contributed by atoms with Gasteiger partial charge < -0.3 is 10.1 Å². The van der Waals surface area contributed by atoms with E-state index in [4.69, 9.17) is 4.74 Å². The zero-order valence-corrected chi connectivity index (χ0v) is 11.6. The van der Waals surface area contributed by atoms with E-state index in [-0.39, 0.29) is 0 Å². The summed E-state index contributed by atoms with van der Waals surface area (Å²) in [5.74, 6) is 2.58. The molecule has 2 rings (SSSR count). The predicted octanol–water partition coefficient (Wildman–Crippen LogP) is 2.68. The molecule has 1 N–H and O–H groups in total. The summed E-state index contributed by atoms with van der Waals surface area (Å²) >= 11 is 2.10. The number of nitrogens with one attached hydrogen (secondary N) is 1. The normalized spacial score (nSPS) is 38.8. The van der Waals surface area contributed by atoms with Crippen molar-refractivity contribution in [2.75, 3.05) is 18.6 Å². The maximum absolute atomic E-state index is 5.55.